The molecule has 0 heterocycles. The maximum Gasteiger partial charge on any atom is 0.196 e. The summed E-state index contributed by atoms with van der Waals surface area (Å²) >= 11 is 0. The summed E-state index contributed by atoms with van der Waals surface area (Å²) in [5.74, 6) is 0.198. The number of hydrogen-bond acceptors (Lipinski definition) is 3. The number of carbonyl (C=O) groups excluding carboxylic acids is 1. The van der Waals surface area contributed by atoms with E-state index >= 15 is 0 Å². The molecule has 0 radical (unpaired) electrons. The molecule has 0 aromatic heterocycles. The van der Waals surface area contributed by atoms with Crippen molar-refractivity contribution in [3.63, 3.8) is 0 Å². The summed E-state index contributed by atoms with van der Waals surface area (Å²) in [7, 11) is 1.50. The van der Waals surface area contributed by atoms with Crippen LogP contribution in [-0.2, 0) is 0 Å². The maximum atomic E-state index is 12.2. The first kappa shape index (κ1) is 12.9. The van der Waals surface area contributed by atoms with Crippen LogP contribution in [0.3, 0.4) is 0 Å². The second kappa shape index (κ2) is 5.40. The van der Waals surface area contributed by atoms with Crippen LogP contribution in [-0.4, -0.2) is 18.0 Å². The average molecular weight is 254 g/mol. The Labute approximate surface area is 111 Å². The van der Waals surface area contributed by atoms with Gasteiger partial charge in [-0.05, 0) is 17.7 Å². The molecule has 0 atom stereocenters. The molecule has 2 aromatic carbocycles. The van der Waals surface area contributed by atoms with E-state index in [-0.39, 0.29) is 17.1 Å². The highest BCUT2D eigenvalue weighted by molar-refractivity contribution is 6.10. The van der Waals surface area contributed by atoms with Gasteiger partial charge in [0.1, 0.15) is 11.5 Å². The van der Waals surface area contributed by atoms with E-state index in [9.17, 15) is 9.90 Å². The van der Waals surface area contributed by atoms with Gasteiger partial charge < -0.3 is 9.84 Å². The van der Waals surface area contributed by atoms with E-state index in [0.717, 1.165) is 5.56 Å². The van der Waals surface area contributed by atoms with Crippen LogP contribution < -0.4 is 4.74 Å². The van der Waals surface area contributed by atoms with E-state index in [1.807, 2.05) is 0 Å². The van der Waals surface area contributed by atoms with Crippen molar-refractivity contribution in [1.29, 1.82) is 0 Å². The van der Waals surface area contributed by atoms with Crippen LogP contribution >= 0.6 is 0 Å². The van der Waals surface area contributed by atoms with E-state index in [4.69, 9.17) is 4.74 Å². The number of ether oxygens (including phenoxy) is 1. The van der Waals surface area contributed by atoms with Crippen molar-refractivity contribution in [3.05, 3.63) is 65.7 Å². The standard InChI is InChI=1S/C16H14O3/c1-3-11-4-6-12(7-5-11)16(18)14-9-8-13(19-2)10-15(14)17/h3-10,17H,1H2,2H3. The van der Waals surface area contributed by atoms with E-state index in [0.29, 0.717) is 11.3 Å². The summed E-state index contributed by atoms with van der Waals surface area (Å²) < 4.78 is 4.98. The Morgan fingerprint density at radius 3 is 2.42 bits per heavy atom. The zero-order valence-corrected chi connectivity index (χ0v) is 10.6. The molecule has 0 aliphatic carbocycles. The maximum absolute atomic E-state index is 12.2. The number of methoxy groups -OCH3 is 1. The molecular formula is C16H14O3. The SMILES string of the molecule is C=Cc1ccc(C(=O)c2ccc(OC)cc2O)cc1. The van der Waals surface area contributed by atoms with Crippen LogP contribution in [0.25, 0.3) is 6.08 Å². The molecule has 0 aliphatic heterocycles. The number of carbonyl (C=O) groups is 1. The molecule has 3 nitrogen and oxygen atoms in total. The van der Waals surface area contributed by atoms with Gasteiger partial charge in [-0.1, -0.05) is 36.9 Å². The molecule has 0 fully saturated rings. The summed E-state index contributed by atoms with van der Waals surface area (Å²) in [6.07, 6.45) is 1.71. The third kappa shape index (κ3) is 2.65. The zero-order chi connectivity index (χ0) is 13.8. The molecule has 2 rings (SSSR count). The van der Waals surface area contributed by atoms with Gasteiger partial charge in [0, 0.05) is 11.6 Å². The number of ketones is 1. The molecule has 0 saturated heterocycles. The van der Waals surface area contributed by atoms with Crippen LogP contribution in [0.4, 0.5) is 0 Å². The van der Waals surface area contributed by atoms with E-state index in [1.54, 1.807) is 42.5 Å². The van der Waals surface area contributed by atoms with Crippen LogP contribution in [0.2, 0.25) is 0 Å². The van der Waals surface area contributed by atoms with Gasteiger partial charge in [-0.2, -0.15) is 0 Å². The predicted octanol–water partition coefficient (Wildman–Crippen LogP) is 3.27. The summed E-state index contributed by atoms with van der Waals surface area (Å²) in [6.45, 7) is 3.66. The number of phenols is 1. The van der Waals surface area contributed by atoms with Crippen molar-refractivity contribution in [1.82, 2.24) is 0 Å². The van der Waals surface area contributed by atoms with Crippen LogP contribution in [0, 0.1) is 0 Å². The fourth-order valence-corrected chi connectivity index (χ4v) is 1.76. The monoisotopic (exact) mass is 254 g/mol. The molecular weight excluding hydrogens is 240 g/mol. The normalized spacial score (nSPS) is 9.95. The molecule has 1 N–H and O–H groups in total. The first-order chi connectivity index (χ1) is 9.15. The van der Waals surface area contributed by atoms with E-state index in [2.05, 4.69) is 6.58 Å². The third-order valence-corrected chi connectivity index (χ3v) is 2.86. The van der Waals surface area contributed by atoms with Crippen molar-refractivity contribution in [2.45, 2.75) is 0 Å². The Balaban J connectivity index is 2.35. The lowest BCUT2D eigenvalue weighted by Gasteiger charge is -2.06. The molecule has 0 spiro atoms. The number of phenolic OH excluding ortho intramolecular Hbond substituents is 1. The molecule has 96 valence electrons. The molecule has 2 aromatic rings. The van der Waals surface area contributed by atoms with Gasteiger partial charge in [-0.15, -0.1) is 0 Å². The topological polar surface area (TPSA) is 46.5 Å². The number of hydrogen-bond donors (Lipinski definition) is 1. The molecule has 0 saturated carbocycles. The average Bonchev–Trinajstić information content (AvgIpc) is 2.46. The largest absolute Gasteiger partial charge is 0.507 e. The van der Waals surface area contributed by atoms with Crippen LogP contribution in [0.1, 0.15) is 21.5 Å². The van der Waals surface area contributed by atoms with Crippen molar-refractivity contribution >= 4 is 11.9 Å². The fourth-order valence-electron chi connectivity index (χ4n) is 1.76. The minimum atomic E-state index is -0.226. The van der Waals surface area contributed by atoms with E-state index < -0.39 is 0 Å². The lowest BCUT2D eigenvalue weighted by molar-refractivity contribution is 0.103. The third-order valence-electron chi connectivity index (χ3n) is 2.86. The predicted molar refractivity (Wildman–Crippen MR) is 74.6 cm³/mol. The molecule has 0 unspecified atom stereocenters. The van der Waals surface area contributed by atoms with Crippen molar-refractivity contribution in [3.8, 4) is 11.5 Å². The Hall–Kier alpha value is -2.55. The Morgan fingerprint density at radius 2 is 1.89 bits per heavy atom. The first-order valence-electron chi connectivity index (χ1n) is 5.80. The minimum absolute atomic E-state index is 0.0860. The highest BCUT2D eigenvalue weighted by Gasteiger charge is 2.13. The summed E-state index contributed by atoms with van der Waals surface area (Å²) in [4.78, 5) is 12.2. The smallest absolute Gasteiger partial charge is 0.196 e. The summed E-state index contributed by atoms with van der Waals surface area (Å²) in [5, 5.41) is 9.84. The molecule has 0 amide bonds. The van der Waals surface area contributed by atoms with Crippen molar-refractivity contribution in [2.24, 2.45) is 0 Å². The van der Waals surface area contributed by atoms with Gasteiger partial charge >= 0.3 is 0 Å². The van der Waals surface area contributed by atoms with Crippen LogP contribution in [0.15, 0.2) is 49.0 Å². The number of aromatic hydroxyl groups is 1. The first-order valence-corrected chi connectivity index (χ1v) is 5.80. The second-order valence-corrected chi connectivity index (χ2v) is 4.04. The zero-order valence-electron chi connectivity index (χ0n) is 10.6. The van der Waals surface area contributed by atoms with Gasteiger partial charge in [0.15, 0.2) is 5.78 Å². The molecule has 0 bridgehead atoms. The van der Waals surface area contributed by atoms with Gasteiger partial charge in [0.05, 0.1) is 12.7 Å². The highest BCUT2D eigenvalue weighted by Crippen LogP contribution is 2.25. The van der Waals surface area contributed by atoms with Gasteiger partial charge in [-0.3, -0.25) is 4.79 Å². The lowest BCUT2D eigenvalue weighted by atomic mass is 10.0. The molecule has 19 heavy (non-hydrogen) atoms. The van der Waals surface area contributed by atoms with Gasteiger partial charge in [-0.25, -0.2) is 0 Å². The Morgan fingerprint density at radius 1 is 1.21 bits per heavy atom. The van der Waals surface area contributed by atoms with Gasteiger partial charge in [0.2, 0.25) is 0 Å². The number of rotatable bonds is 4. The van der Waals surface area contributed by atoms with Crippen molar-refractivity contribution < 1.29 is 14.6 Å². The lowest BCUT2D eigenvalue weighted by Crippen LogP contribution is -2.01. The highest BCUT2D eigenvalue weighted by atomic mass is 16.5. The van der Waals surface area contributed by atoms with Crippen molar-refractivity contribution in [2.75, 3.05) is 7.11 Å². The minimum Gasteiger partial charge on any atom is -0.507 e. The molecule has 3 heteroatoms. The molecule has 0 aliphatic rings. The Bertz CT molecular complexity index is 612. The summed E-state index contributed by atoms with van der Waals surface area (Å²) in [5.41, 5.74) is 1.72. The number of benzene rings is 2. The quantitative estimate of drug-likeness (QED) is 0.852. The van der Waals surface area contributed by atoms with E-state index in [1.165, 1.54) is 13.2 Å². The Kier molecular flexibility index (Phi) is 3.66. The van der Waals surface area contributed by atoms with Crippen LogP contribution in [0.5, 0.6) is 11.5 Å². The fraction of sp³-hybridized carbons (Fsp3) is 0.0625. The van der Waals surface area contributed by atoms with Gasteiger partial charge in [0.25, 0.3) is 0 Å². The second-order valence-electron chi connectivity index (χ2n) is 4.04. The summed E-state index contributed by atoms with van der Waals surface area (Å²) in [6, 6.07) is 11.7.